The monoisotopic (exact) mass is 279 g/mol. The third-order valence-corrected chi connectivity index (χ3v) is 4.75. The van der Waals surface area contributed by atoms with Crippen molar-refractivity contribution < 1.29 is 17.9 Å². The first-order valence-corrected chi connectivity index (χ1v) is 7.81. The molecule has 5 nitrogen and oxygen atoms in total. The number of nitrogens with one attached hydrogen (secondary N) is 1. The van der Waals surface area contributed by atoms with Crippen LogP contribution in [-0.2, 0) is 19.4 Å². The van der Waals surface area contributed by atoms with Crippen molar-refractivity contribution in [3.63, 3.8) is 0 Å². The minimum Gasteiger partial charge on any atom is -0.459 e. The number of hydrogen-bond acceptors (Lipinski definition) is 5. The lowest BCUT2D eigenvalue weighted by Gasteiger charge is -2.26. The molecule has 6 heteroatoms. The SMILES string of the molecule is CC(NCC(C)(C)S(C)(=O)=O)C(=O)OC(C)(C)C. The van der Waals surface area contributed by atoms with E-state index >= 15 is 0 Å². The van der Waals surface area contributed by atoms with Gasteiger partial charge in [-0.2, -0.15) is 0 Å². The number of ether oxygens (including phenoxy) is 1. The molecular weight excluding hydrogens is 254 g/mol. The zero-order valence-corrected chi connectivity index (χ0v) is 13.1. The van der Waals surface area contributed by atoms with Gasteiger partial charge in [-0.05, 0) is 41.5 Å². The predicted octanol–water partition coefficient (Wildman–Crippen LogP) is 1.13. The Balaban J connectivity index is 4.44. The first kappa shape index (κ1) is 17.4. The largest absolute Gasteiger partial charge is 0.459 e. The highest BCUT2D eigenvalue weighted by molar-refractivity contribution is 7.92. The number of rotatable bonds is 5. The summed E-state index contributed by atoms with van der Waals surface area (Å²) in [4.78, 5) is 11.7. The van der Waals surface area contributed by atoms with Crippen LogP contribution >= 0.6 is 0 Å². The van der Waals surface area contributed by atoms with Crippen LogP contribution in [0.25, 0.3) is 0 Å². The van der Waals surface area contributed by atoms with Crippen molar-refractivity contribution in [2.75, 3.05) is 12.8 Å². The van der Waals surface area contributed by atoms with Gasteiger partial charge in [0.2, 0.25) is 0 Å². The molecule has 0 bridgehead atoms. The Labute approximate surface area is 110 Å². The van der Waals surface area contributed by atoms with E-state index in [0.717, 1.165) is 0 Å². The normalized spacial score (nSPS) is 15.3. The summed E-state index contributed by atoms with van der Waals surface area (Å²) in [7, 11) is -3.17. The van der Waals surface area contributed by atoms with Gasteiger partial charge in [0, 0.05) is 12.8 Å². The van der Waals surface area contributed by atoms with Crippen LogP contribution in [0.2, 0.25) is 0 Å². The summed E-state index contributed by atoms with van der Waals surface area (Å²) in [6, 6.07) is -0.537. The van der Waals surface area contributed by atoms with Gasteiger partial charge in [-0.15, -0.1) is 0 Å². The maximum atomic E-state index is 11.7. The lowest BCUT2D eigenvalue weighted by molar-refractivity contribution is -0.156. The fourth-order valence-corrected chi connectivity index (χ4v) is 1.35. The number of carbonyl (C=O) groups is 1. The topological polar surface area (TPSA) is 72.5 Å². The first-order chi connectivity index (χ1) is 7.76. The zero-order chi connectivity index (χ0) is 14.8. The van der Waals surface area contributed by atoms with Crippen molar-refractivity contribution >= 4 is 15.8 Å². The molecule has 0 aromatic carbocycles. The van der Waals surface area contributed by atoms with Crippen molar-refractivity contribution in [1.29, 1.82) is 0 Å². The van der Waals surface area contributed by atoms with Crippen LogP contribution in [0.1, 0.15) is 41.5 Å². The molecule has 0 fully saturated rings. The van der Waals surface area contributed by atoms with Gasteiger partial charge in [-0.3, -0.25) is 4.79 Å². The average Bonchev–Trinajstić information content (AvgIpc) is 2.09. The van der Waals surface area contributed by atoms with Crippen molar-refractivity contribution in [2.45, 2.75) is 57.9 Å². The Morgan fingerprint density at radius 3 is 2.00 bits per heavy atom. The summed E-state index contributed by atoms with van der Waals surface area (Å²) in [5.41, 5.74) is -0.542. The lowest BCUT2D eigenvalue weighted by atomic mass is 10.1. The molecule has 1 N–H and O–H groups in total. The molecule has 108 valence electrons. The number of hydrogen-bond donors (Lipinski definition) is 1. The summed E-state index contributed by atoms with van der Waals surface area (Å²) in [6.45, 7) is 10.5. The van der Waals surface area contributed by atoms with Crippen LogP contribution in [0.5, 0.6) is 0 Å². The molecule has 0 saturated heterocycles. The highest BCUT2D eigenvalue weighted by atomic mass is 32.2. The second-order valence-electron chi connectivity index (χ2n) is 6.17. The van der Waals surface area contributed by atoms with Crippen molar-refractivity contribution in [1.82, 2.24) is 5.32 Å². The molecule has 0 aromatic heterocycles. The molecular formula is C12H25NO4S. The van der Waals surface area contributed by atoms with Gasteiger partial charge in [-0.1, -0.05) is 0 Å². The molecule has 0 radical (unpaired) electrons. The number of esters is 1. The van der Waals surface area contributed by atoms with E-state index in [1.165, 1.54) is 6.26 Å². The highest BCUT2D eigenvalue weighted by Crippen LogP contribution is 2.14. The molecule has 1 atom stereocenters. The maximum Gasteiger partial charge on any atom is 0.323 e. The van der Waals surface area contributed by atoms with Gasteiger partial charge in [-0.25, -0.2) is 8.42 Å². The minimum absolute atomic E-state index is 0.201. The molecule has 0 aliphatic heterocycles. The van der Waals surface area contributed by atoms with Gasteiger partial charge in [0.25, 0.3) is 0 Å². The second kappa shape index (κ2) is 5.57. The molecule has 0 aliphatic carbocycles. The maximum absolute atomic E-state index is 11.7. The average molecular weight is 279 g/mol. The highest BCUT2D eigenvalue weighted by Gasteiger charge is 2.31. The van der Waals surface area contributed by atoms with E-state index in [2.05, 4.69) is 5.32 Å². The van der Waals surface area contributed by atoms with Crippen molar-refractivity contribution in [3.8, 4) is 0 Å². The fourth-order valence-electron chi connectivity index (χ4n) is 1.00. The van der Waals surface area contributed by atoms with Gasteiger partial charge in [0.1, 0.15) is 11.6 Å². The fraction of sp³-hybridized carbons (Fsp3) is 0.917. The molecule has 0 aromatic rings. The number of sulfone groups is 1. The molecule has 0 heterocycles. The predicted molar refractivity (Wildman–Crippen MR) is 72.2 cm³/mol. The quantitative estimate of drug-likeness (QED) is 0.764. The van der Waals surface area contributed by atoms with Crippen molar-refractivity contribution in [2.24, 2.45) is 0 Å². The lowest BCUT2D eigenvalue weighted by Crippen LogP contribution is -2.48. The standard InChI is InChI=1S/C12H25NO4S/c1-9(10(14)17-11(2,3)4)13-8-12(5,6)18(7,15)16/h9,13H,8H2,1-7H3. The third-order valence-electron chi connectivity index (χ3n) is 2.60. The van der Waals surface area contributed by atoms with E-state index in [1.54, 1.807) is 41.5 Å². The third kappa shape index (κ3) is 5.82. The Morgan fingerprint density at radius 1 is 1.22 bits per heavy atom. The van der Waals surface area contributed by atoms with Crippen LogP contribution in [0.3, 0.4) is 0 Å². The molecule has 1 unspecified atom stereocenters. The van der Waals surface area contributed by atoms with Crippen molar-refractivity contribution in [3.05, 3.63) is 0 Å². The molecule has 0 spiro atoms. The Kier molecular flexibility index (Phi) is 5.38. The van der Waals surface area contributed by atoms with Gasteiger partial charge >= 0.3 is 5.97 Å². The van der Waals surface area contributed by atoms with Crippen LogP contribution in [0, 0.1) is 0 Å². The smallest absolute Gasteiger partial charge is 0.323 e. The Morgan fingerprint density at radius 2 is 1.67 bits per heavy atom. The van der Waals surface area contributed by atoms with E-state index in [-0.39, 0.29) is 12.5 Å². The molecule has 0 amide bonds. The summed E-state index contributed by atoms with van der Waals surface area (Å²) in [5.74, 6) is -0.383. The molecule has 0 rings (SSSR count). The van der Waals surface area contributed by atoms with Crippen LogP contribution in [-0.4, -0.2) is 43.6 Å². The summed E-state index contributed by atoms with van der Waals surface area (Å²) >= 11 is 0. The van der Waals surface area contributed by atoms with Gasteiger partial charge < -0.3 is 10.1 Å². The zero-order valence-electron chi connectivity index (χ0n) is 12.3. The second-order valence-corrected chi connectivity index (χ2v) is 8.82. The van der Waals surface area contributed by atoms with Gasteiger partial charge in [0.05, 0.1) is 4.75 Å². The van der Waals surface area contributed by atoms with E-state index in [0.29, 0.717) is 0 Å². The summed E-state index contributed by atoms with van der Waals surface area (Å²) in [6.07, 6.45) is 1.19. The van der Waals surface area contributed by atoms with Crippen LogP contribution in [0.15, 0.2) is 0 Å². The van der Waals surface area contributed by atoms with E-state index < -0.39 is 26.2 Å². The molecule has 0 aliphatic rings. The van der Waals surface area contributed by atoms with E-state index in [4.69, 9.17) is 4.74 Å². The summed E-state index contributed by atoms with van der Waals surface area (Å²) < 4.78 is 27.3. The first-order valence-electron chi connectivity index (χ1n) is 5.92. The molecule has 0 saturated carbocycles. The van der Waals surface area contributed by atoms with E-state index in [9.17, 15) is 13.2 Å². The summed E-state index contributed by atoms with van der Waals surface area (Å²) in [5, 5.41) is 2.90. The molecule has 18 heavy (non-hydrogen) atoms. The Bertz CT molecular complexity index is 393. The number of carbonyl (C=O) groups excluding carboxylic acids is 1. The van der Waals surface area contributed by atoms with Crippen LogP contribution in [0.4, 0.5) is 0 Å². The van der Waals surface area contributed by atoms with Crippen LogP contribution < -0.4 is 5.32 Å². The minimum atomic E-state index is -3.17. The van der Waals surface area contributed by atoms with Gasteiger partial charge in [0.15, 0.2) is 9.84 Å². The van der Waals surface area contributed by atoms with E-state index in [1.807, 2.05) is 0 Å². The Hall–Kier alpha value is -0.620.